The average molecular weight is 269 g/mol. The third-order valence-corrected chi connectivity index (χ3v) is 3.45. The first kappa shape index (κ1) is 13.7. The second-order valence-corrected chi connectivity index (χ2v) is 5.41. The fraction of sp³-hybridized carbons (Fsp3) is 0.571. The van der Waals surface area contributed by atoms with Gasteiger partial charge in [0.05, 0.1) is 5.02 Å². The van der Waals surface area contributed by atoms with Gasteiger partial charge in [-0.05, 0) is 26.0 Å². The highest BCUT2D eigenvalue weighted by Gasteiger charge is 2.20. The average Bonchev–Trinajstić information content (AvgIpc) is 2.30. The largest absolute Gasteiger partial charge is 0.491 e. The van der Waals surface area contributed by atoms with Gasteiger partial charge in [0, 0.05) is 31.7 Å². The number of hydrogen-bond acceptors (Lipinski definition) is 3. The first-order chi connectivity index (χ1) is 8.65. The van der Waals surface area contributed by atoms with Crippen LogP contribution >= 0.6 is 11.6 Å². The monoisotopic (exact) mass is 268 g/mol. The lowest BCUT2D eigenvalue weighted by Crippen LogP contribution is -2.54. The summed E-state index contributed by atoms with van der Waals surface area (Å²) in [4.78, 5) is 2.43. The third kappa shape index (κ3) is 3.87. The number of nitrogens with zero attached hydrogens (tertiary/aromatic N) is 1. The van der Waals surface area contributed by atoms with Gasteiger partial charge in [0.2, 0.25) is 0 Å². The molecule has 0 aliphatic carbocycles. The molecule has 18 heavy (non-hydrogen) atoms. The summed E-state index contributed by atoms with van der Waals surface area (Å²) in [6.07, 6.45) is 0. The van der Waals surface area contributed by atoms with E-state index in [2.05, 4.69) is 24.1 Å². The van der Waals surface area contributed by atoms with Crippen LogP contribution in [0.1, 0.15) is 13.8 Å². The van der Waals surface area contributed by atoms with Gasteiger partial charge >= 0.3 is 0 Å². The number of benzene rings is 1. The van der Waals surface area contributed by atoms with Crippen molar-refractivity contribution >= 4 is 11.6 Å². The molecule has 1 aliphatic heterocycles. The molecule has 2 rings (SSSR count). The van der Waals surface area contributed by atoms with Crippen molar-refractivity contribution in [3.8, 4) is 5.75 Å². The highest BCUT2D eigenvalue weighted by molar-refractivity contribution is 6.32. The van der Waals surface area contributed by atoms with Crippen molar-refractivity contribution in [2.45, 2.75) is 25.9 Å². The Morgan fingerprint density at radius 3 is 2.61 bits per heavy atom. The van der Waals surface area contributed by atoms with Crippen molar-refractivity contribution in [3.05, 3.63) is 29.3 Å². The van der Waals surface area contributed by atoms with E-state index in [4.69, 9.17) is 16.3 Å². The molecule has 0 spiro atoms. The van der Waals surface area contributed by atoms with Crippen LogP contribution in [0.2, 0.25) is 5.02 Å². The summed E-state index contributed by atoms with van der Waals surface area (Å²) in [5.74, 6) is 0.774. The summed E-state index contributed by atoms with van der Waals surface area (Å²) in [7, 11) is 0. The molecule has 2 unspecified atom stereocenters. The van der Waals surface area contributed by atoms with Gasteiger partial charge in [-0.15, -0.1) is 0 Å². The number of rotatable bonds is 4. The number of halogens is 1. The second-order valence-electron chi connectivity index (χ2n) is 5.01. The lowest BCUT2D eigenvalue weighted by molar-refractivity contribution is 0.146. The molecular weight excluding hydrogens is 248 g/mol. The molecule has 0 aromatic heterocycles. The topological polar surface area (TPSA) is 24.5 Å². The predicted molar refractivity (Wildman–Crippen MR) is 75.4 cm³/mol. The number of piperazine rings is 1. The van der Waals surface area contributed by atoms with Gasteiger partial charge in [0.1, 0.15) is 12.4 Å². The van der Waals surface area contributed by atoms with Crippen LogP contribution in [-0.2, 0) is 0 Å². The van der Waals surface area contributed by atoms with Crippen molar-refractivity contribution in [1.29, 1.82) is 0 Å². The van der Waals surface area contributed by atoms with Crippen LogP contribution in [0.25, 0.3) is 0 Å². The van der Waals surface area contributed by atoms with Gasteiger partial charge in [-0.1, -0.05) is 23.7 Å². The van der Waals surface area contributed by atoms with Crippen molar-refractivity contribution in [2.75, 3.05) is 26.2 Å². The molecule has 1 N–H and O–H groups in total. The van der Waals surface area contributed by atoms with Crippen molar-refractivity contribution in [1.82, 2.24) is 10.2 Å². The Balaban J connectivity index is 1.77. The molecule has 0 radical (unpaired) electrons. The molecule has 1 aliphatic rings. The van der Waals surface area contributed by atoms with Gasteiger partial charge in [0.25, 0.3) is 0 Å². The fourth-order valence-corrected chi connectivity index (χ4v) is 2.66. The number of nitrogens with one attached hydrogen (secondary N) is 1. The Morgan fingerprint density at radius 2 is 1.94 bits per heavy atom. The van der Waals surface area contributed by atoms with E-state index in [9.17, 15) is 0 Å². The predicted octanol–water partition coefficient (Wildman–Crippen LogP) is 2.40. The maximum atomic E-state index is 6.04. The molecule has 1 saturated heterocycles. The summed E-state index contributed by atoms with van der Waals surface area (Å²) in [5.41, 5.74) is 0. The Bertz CT molecular complexity index is 376. The molecule has 0 saturated carbocycles. The molecular formula is C14H21ClN2O. The number of hydrogen-bond donors (Lipinski definition) is 1. The molecule has 4 heteroatoms. The van der Waals surface area contributed by atoms with Crippen LogP contribution in [-0.4, -0.2) is 43.2 Å². The molecule has 100 valence electrons. The van der Waals surface area contributed by atoms with Crippen LogP contribution in [0.15, 0.2) is 24.3 Å². The minimum Gasteiger partial charge on any atom is -0.491 e. The Hall–Kier alpha value is -0.770. The highest BCUT2D eigenvalue weighted by Crippen LogP contribution is 2.22. The number of ether oxygens (including phenoxy) is 1. The summed E-state index contributed by atoms with van der Waals surface area (Å²) in [5, 5.41) is 4.20. The quantitative estimate of drug-likeness (QED) is 0.908. The molecule has 1 heterocycles. The van der Waals surface area contributed by atoms with E-state index >= 15 is 0 Å². The van der Waals surface area contributed by atoms with Crippen LogP contribution in [0.3, 0.4) is 0 Å². The highest BCUT2D eigenvalue weighted by atomic mass is 35.5. The molecule has 0 bridgehead atoms. The van der Waals surface area contributed by atoms with Gasteiger partial charge in [-0.3, -0.25) is 4.90 Å². The van der Waals surface area contributed by atoms with Crippen LogP contribution in [0.5, 0.6) is 5.75 Å². The fourth-order valence-electron chi connectivity index (χ4n) is 2.47. The first-order valence-electron chi connectivity index (χ1n) is 6.51. The van der Waals surface area contributed by atoms with Crippen LogP contribution in [0, 0.1) is 0 Å². The van der Waals surface area contributed by atoms with Gasteiger partial charge in [-0.2, -0.15) is 0 Å². The van der Waals surface area contributed by atoms with Gasteiger partial charge in [0.15, 0.2) is 0 Å². The lowest BCUT2D eigenvalue weighted by atomic mass is 10.1. The minimum absolute atomic E-state index is 0.550. The molecule has 1 fully saturated rings. The summed E-state index contributed by atoms with van der Waals surface area (Å²) >= 11 is 6.04. The molecule has 1 aromatic rings. The number of para-hydroxylation sites is 1. The Kier molecular flexibility index (Phi) is 4.87. The molecule has 1 aromatic carbocycles. The first-order valence-corrected chi connectivity index (χ1v) is 6.88. The maximum Gasteiger partial charge on any atom is 0.137 e. The second kappa shape index (κ2) is 6.41. The van der Waals surface area contributed by atoms with Crippen LogP contribution in [0.4, 0.5) is 0 Å². The molecule has 3 nitrogen and oxygen atoms in total. The maximum absolute atomic E-state index is 6.04. The van der Waals surface area contributed by atoms with E-state index in [1.807, 2.05) is 24.3 Å². The van der Waals surface area contributed by atoms with E-state index in [1.165, 1.54) is 0 Å². The third-order valence-electron chi connectivity index (χ3n) is 3.13. The van der Waals surface area contributed by atoms with Crippen molar-refractivity contribution < 1.29 is 4.74 Å². The van der Waals surface area contributed by atoms with E-state index in [0.29, 0.717) is 23.7 Å². The normalized spacial score (nSPS) is 25.1. The summed E-state index contributed by atoms with van der Waals surface area (Å²) in [6, 6.07) is 8.71. The summed E-state index contributed by atoms with van der Waals surface area (Å²) in [6.45, 7) is 8.23. The smallest absolute Gasteiger partial charge is 0.137 e. The Labute approximate surface area is 114 Å². The van der Waals surface area contributed by atoms with E-state index in [-0.39, 0.29) is 0 Å². The summed E-state index contributed by atoms with van der Waals surface area (Å²) < 4.78 is 5.72. The zero-order valence-corrected chi connectivity index (χ0v) is 11.8. The van der Waals surface area contributed by atoms with Gasteiger partial charge < -0.3 is 10.1 Å². The molecule has 0 amide bonds. The van der Waals surface area contributed by atoms with Gasteiger partial charge in [-0.25, -0.2) is 0 Å². The van der Waals surface area contributed by atoms with E-state index in [0.717, 1.165) is 25.4 Å². The van der Waals surface area contributed by atoms with Crippen LogP contribution < -0.4 is 10.1 Å². The Morgan fingerprint density at radius 1 is 1.28 bits per heavy atom. The SMILES string of the molecule is CC1CN(CCOc2ccccc2Cl)CC(C)N1. The standard InChI is InChI=1S/C14H21ClN2O/c1-11-9-17(10-12(2)16-11)7-8-18-14-6-4-3-5-13(14)15/h3-6,11-12,16H,7-10H2,1-2H3. The minimum atomic E-state index is 0.550. The zero-order chi connectivity index (χ0) is 13.0. The van der Waals surface area contributed by atoms with Crippen molar-refractivity contribution in [3.63, 3.8) is 0 Å². The molecule has 2 atom stereocenters. The van der Waals surface area contributed by atoms with E-state index in [1.54, 1.807) is 0 Å². The zero-order valence-electron chi connectivity index (χ0n) is 11.0. The van der Waals surface area contributed by atoms with Crippen molar-refractivity contribution in [2.24, 2.45) is 0 Å². The van der Waals surface area contributed by atoms with E-state index < -0.39 is 0 Å². The lowest BCUT2D eigenvalue weighted by Gasteiger charge is -2.35.